The number of aromatic nitrogens is 1. The van der Waals surface area contributed by atoms with Gasteiger partial charge in [0.1, 0.15) is 5.76 Å². The van der Waals surface area contributed by atoms with E-state index in [4.69, 9.17) is 4.42 Å². The Kier molecular flexibility index (Phi) is 2.65. The highest BCUT2D eigenvalue weighted by Crippen LogP contribution is 2.25. The summed E-state index contributed by atoms with van der Waals surface area (Å²) in [6.07, 6.45) is 0. The van der Waals surface area contributed by atoms with Crippen LogP contribution in [0.25, 0.3) is 10.8 Å². The van der Waals surface area contributed by atoms with Gasteiger partial charge in [-0.05, 0) is 25.4 Å². The van der Waals surface area contributed by atoms with Crippen molar-refractivity contribution in [2.75, 3.05) is 7.05 Å². The van der Waals surface area contributed by atoms with E-state index in [2.05, 4.69) is 10.3 Å². The Morgan fingerprint density at radius 3 is 3.07 bits per heavy atom. The molecule has 2 aromatic rings. The van der Waals surface area contributed by atoms with Crippen LogP contribution in [0.15, 0.2) is 21.9 Å². The third-order valence-electron chi connectivity index (χ3n) is 1.96. The minimum atomic E-state index is 0.725. The van der Waals surface area contributed by atoms with Gasteiger partial charge in [-0.3, -0.25) is 0 Å². The van der Waals surface area contributed by atoms with E-state index in [9.17, 15) is 0 Å². The average molecular weight is 208 g/mol. The average Bonchev–Trinajstić information content (AvgIpc) is 2.76. The van der Waals surface area contributed by atoms with Crippen LogP contribution in [0.3, 0.4) is 0 Å². The van der Waals surface area contributed by atoms with Crippen molar-refractivity contribution in [1.29, 1.82) is 0 Å². The molecule has 0 fully saturated rings. The Hall–Kier alpha value is -1.13. The van der Waals surface area contributed by atoms with Crippen molar-refractivity contribution in [3.63, 3.8) is 0 Å². The summed E-state index contributed by atoms with van der Waals surface area (Å²) in [4.78, 5) is 5.45. The summed E-state index contributed by atoms with van der Waals surface area (Å²) >= 11 is 1.64. The van der Waals surface area contributed by atoms with Gasteiger partial charge in [-0.1, -0.05) is 6.07 Å². The minimum absolute atomic E-state index is 0.725. The molecular formula is C10H12N2OS. The summed E-state index contributed by atoms with van der Waals surface area (Å²) in [5, 5.41) is 5.07. The first kappa shape index (κ1) is 9.43. The predicted octanol–water partition coefficient (Wildman–Crippen LogP) is 2.43. The Morgan fingerprint density at radius 1 is 1.57 bits per heavy atom. The van der Waals surface area contributed by atoms with Gasteiger partial charge in [0.05, 0.1) is 17.1 Å². The van der Waals surface area contributed by atoms with Crippen LogP contribution in [0.1, 0.15) is 11.5 Å². The van der Waals surface area contributed by atoms with Crippen molar-refractivity contribution < 1.29 is 4.42 Å². The van der Waals surface area contributed by atoms with Crippen LogP contribution in [0.5, 0.6) is 0 Å². The van der Waals surface area contributed by atoms with Gasteiger partial charge >= 0.3 is 0 Å². The van der Waals surface area contributed by atoms with E-state index in [1.807, 2.05) is 31.5 Å². The van der Waals surface area contributed by atoms with Gasteiger partial charge in [0, 0.05) is 0 Å². The molecule has 2 aromatic heterocycles. The molecule has 74 valence electrons. The van der Waals surface area contributed by atoms with Gasteiger partial charge in [0.2, 0.25) is 5.89 Å². The fourth-order valence-corrected chi connectivity index (χ4v) is 1.91. The van der Waals surface area contributed by atoms with E-state index >= 15 is 0 Å². The summed E-state index contributed by atoms with van der Waals surface area (Å²) in [6.45, 7) is 2.69. The zero-order valence-corrected chi connectivity index (χ0v) is 9.02. The standard InChI is InChI=1S/C10H12N2OS/c1-7-8(6-11-2)13-10(12-7)9-4-3-5-14-9/h3-5,11H,6H2,1-2H3. The molecule has 0 aliphatic heterocycles. The SMILES string of the molecule is CNCc1oc(-c2cccs2)nc1C. The van der Waals surface area contributed by atoms with Crippen LogP contribution in [0.4, 0.5) is 0 Å². The first-order valence-corrected chi connectivity index (χ1v) is 5.34. The van der Waals surface area contributed by atoms with E-state index in [1.165, 1.54) is 0 Å². The van der Waals surface area contributed by atoms with E-state index < -0.39 is 0 Å². The number of rotatable bonds is 3. The smallest absolute Gasteiger partial charge is 0.236 e. The number of nitrogens with zero attached hydrogens (tertiary/aromatic N) is 1. The highest BCUT2D eigenvalue weighted by molar-refractivity contribution is 7.13. The number of nitrogens with one attached hydrogen (secondary N) is 1. The lowest BCUT2D eigenvalue weighted by Gasteiger charge is -1.93. The maximum absolute atomic E-state index is 5.64. The zero-order chi connectivity index (χ0) is 9.97. The van der Waals surface area contributed by atoms with E-state index in [0.717, 1.165) is 28.8 Å². The number of hydrogen-bond acceptors (Lipinski definition) is 4. The molecule has 2 rings (SSSR count). The molecule has 0 unspecified atom stereocenters. The highest BCUT2D eigenvalue weighted by atomic mass is 32.1. The number of oxazole rings is 1. The van der Waals surface area contributed by atoms with Crippen molar-refractivity contribution in [1.82, 2.24) is 10.3 Å². The molecule has 0 aliphatic carbocycles. The fraction of sp³-hybridized carbons (Fsp3) is 0.300. The molecule has 0 aliphatic rings. The maximum Gasteiger partial charge on any atom is 0.236 e. The van der Waals surface area contributed by atoms with Crippen molar-refractivity contribution in [3.05, 3.63) is 29.0 Å². The largest absolute Gasteiger partial charge is 0.439 e. The predicted molar refractivity (Wildman–Crippen MR) is 57.3 cm³/mol. The summed E-state index contributed by atoms with van der Waals surface area (Å²) in [6, 6.07) is 4.01. The van der Waals surface area contributed by atoms with Gasteiger partial charge in [0.25, 0.3) is 0 Å². The molecule has 14 heavy (non-hydrogen) atoms. The van der Waals surface area contributed by atoms with E-state index in [1.54, 1.807) is 11.3 Å². The van der Waals surface area contributed by atoms with Crippen LogP contribution in [-0.2, 0) is 6.54 Å². The van der Waals surface area contributed by atoms with Crippen LogP contribution in [0.2, 0.25) is 0 Å². The lowest BCUT2D eigenvalue weighted by atomic mass is 10.4. The van der Waals surface area contributed by atoms with Gasteiger partial charge in [0.15, 0.2) is 0 Å². The summed E-state index contributed by atoms with van der Waals surface area (Å²) in [5.41, 5.74) is 0.961. The third kappa shape index (κ3) is 1.71. The zero-order valence-electron chi connectivity index (χ0n) is 8.20. The first-order valence-electron chi connectivity index (χ1n) is 4.46. The fourth-order valence-electron chi connectivity index (χ4n) is 1.26. The molecule has 4 heteroatoms. The monoisotopic (exact) mass is 208 g/mol. The molecule has 0 aromatic carbocycles. The molecular weight excluding hydrogens is 196 g/mol. The number of hydrogen-bond donors (Lipinski definition) is 1. The quantitative estimate of drug-likeness (QED) is 0.841. The van der Waals surface area contributed by atoms with E-state index in [0.29, 0.717) is 0 Å². The van der Waals surface area contributed by atoms with Crippen LogP contribution >= 0.6 is 11.3 Å². The van der Waals surface area contributed by atoms with Gasteiger partial charge in [-0.2, -0.15) is 0 Å². The first-order chi connectivity index (χ1) is 6.81. The summed E-state index contributed by atoms with van der Waals surface area (Å²) < 4.78 is 5.64. The van der Waals surface area contributed by atoms with E-state index in [-0.39, 0.29) is 0 Å². The summed E-state index contributed by atoms with van der Waals surface area (Å²) in [5.74, 6) is 1.64. The second-order valence-corrected chi connectivity index (χ2v) is 3.98. The second kappa shape index (κ2) is 3.94. The molecule has 0 atom stereocenters. The van der Waals surface area contributed by atoms with Crippen molar-refractivity contribution in [2.45, 2.75) is 13.5 Å². The second-order valence-electron chi connectivity index (χ2n) is 3.04. The van der Waals surface area contributed by atoms with Gasteiger partial charge < -0.3 is 9.73 Å². The molecule has 0 spiro atoms. The highest BCUT2D eigenvalue weighted by Gasteiger charge is 2.10. The normalized spacial score (nSPS) is 10.7. The summed E-state index contributed by atoms with van der Waals surface area (Å²) in [7, 11) is 1.90. The van der Waals surface area contributed by atoms with Gasteiger partial charge in [-0.25, -0.2) is 4.98 Å². The molecule has 2 heterocycles. The number of thiophene rings is 1. The maximum atomic E-state index is 5.64. The lowest BCUT2D eigenvalue weighted by Crippen LogP contribution is -2.04. The topological polar surface area (TPSA) is 38.1 Å². The minimum Gasteiger partial charge on any atom is -0.439 e. The lowest BCUT2D eigenvalue weighted by molar-refractivity contribution is 0.502. The Balaban J connectivity index is 2.33. The molecule has 0 amide bonds. The third-order valence-corrected chi connectivity index (χ3v) is 2.82. The van der Waals surface area contributed by atoms with Crippen LogP contribution in [-0.4, -0.2) is 12.0 Å². The van der Waals surface area contributed by atoms with Crippen molar-refractivity contribution >= 4 is 11.3 Å². The Bertz CT molecular complexity index is 406. The van der Waals surface area contributed by atoms with Crippen LogP contribution < -0.4 is 5.32 Å². The molecule has 0 saturated carbocycles. The number of aryl methyl sites for hydroxylation is 1. The Morgan fingerprint density at radius 2 is 2.43 bits per heavy atom. The molecule has 0 saturated heterocycles. The van der Waals surface area contributed by atoms with Crippen molar-refractivity contribution in [2.24, 2.45) is 0 Å². The van der Waals surface area contributed by atoms with Gasteiger partial charge in [-0.15, -0.1) is 11.3 Å². The molecule has 0 radical (unpaired) electrons. The molecule has 3 nitrogen and oxygen atoms in total. The molecule has 1 N–H and O–H groups in total. The Labute approximate surface area is 86.8 Å². The van der Waals surface area contributed by atoms with Crippen LogP contribution in [0, 0.1) is 6.92 Å². The molecule has 0 bridgehead atoms. The van der Waals surface area contributed by atoms with Crippen molar-refractivity contribution in [3.8, 4) is 10.8 Å².